The molecule has 0 amide bonds. The van der Waals surface area contributed by atoms with Crippen molar-refractivity contribution in [2.75, 3.05) is 0 Å². The normalized spacial score (nSPS) is 17.5. The predicted octanol–water partition coefficient (Wildman–Crippen LogP) is 1.91. The molecule has 0 aromatic heterocycles. The summed E-state index contributed by atoms with van der Waals surface area (Å²) in [5.74, 6) is -0.0105. The molecule has 0 heterocycles. The van der Waals surface area contributed by atoms with Crippen molar-refractivity contribution in [1.82, 2.24) is 0 Å². The molecule has 0 aromatic carbocycles. The Kier molecular flexibility index (Phi) is 9.06. The SMILES string of the molecule is CCCC(O)C(CC)[CH](O)[Ti][O]C(C)C. The van der Waals surface area contributed by atoms with E-state index in [9.17, 15) is 10.2 Å². The summed E-state index contributed by atoms with van der Waals surface area (Å²) in [6, 6.07) is 0. The van der Waals surface area contributed by atoms with Gasteiger partial charge in [-0.05, 0) is 0 Å². The third-order valence-corrected chi connectivity index (χ3v) is 4.37. The van der Waals surface area contributed by atoms with Gasteiger partial charge in [0.25, 0.3) is 0 Å². The first-order valence-corrected chi connectivity index (χ1v) is 7.34. The van der Waals surface area contributed by atoms with Crippen molar-refractivity contribution in [3.05, 3.63) is 0 Å². The summed E-state index contributed by atoms with van der Waals surface area (Å²) in [6.07, 6.45) is 2.33. The Hall–Kier alpha value is 0.594. The molecule has 15 heavy (non-hydrogen) atoms. The molecule has 0 aliphatic carbocycles. The Morgan fingerprint density at radius 1 is 1.20 bits per heavy atom. The van der Waals surface area contributed by atoms with Crippen LogP contribution >= 0.6 is 0 Å². The first-order valence-electron chi connectivity index (χ1n) is 5.80. The maximum absolute atomic E-state index is 9.93. The molecule has 0 saturated carbocycles. The summed E-state index contributed by atoms with van der Waals surface area (Å²) in [4.78, 5) is 0. The van der Waals surface area contributed by atoms with Gasteiger partial charge in [-0.3, -0.25) is 0 Å². The molecular formula is C11H24O3Ti. The van der Waals surface area contributed by atoms with Gasteiger partial charge in [0, 0.05) is 0 Å². The van der Waals surface area contributed by atoms with Gasteiger partial charge in [0.15, 0.2) is 0 Å². The average Bonchev–Trinajstić information content (AvgIpc) is 2.16. The van der Waals surface area contributed by atoms with Crippen molar-refractivity contribution in [1.29, 1.82) is 0 Å². The second kappa shape index (κ2) is 8.71. The molecule has 0 rings (SSSR count). The van der Waals surface area contributed by atoms with Gasteiger partial charge in [-0.1, -0.05) is 0 Å². The van der Waals surface area contributed by atoms with Gasteiger partial charge >= 0.3 is 103 Å². The molecule has 0 radical (unpaired) electrons. The van der Waals surface area contributed by atoms with Gasteiger partial charge in [-0.25, -0.2) is 0 Å². The molecule has 0 aliphatic rings. The first-order chi connectivity index (χ1) is 7.02. The molecule has 0 aromatic rings. The van der Waals surface area contributed by atoms with Crippen molar-refractivity contribution in [2.45, 2.75) is 63.6 Å². The van der Waals surface area contributed by atoms with Gasteiger partial charge in [-0.2, -0.15) is 0 Å². The molecular weight excluding hydrogens is 228 g/mol. The summed E-state index contributed by atoms with van der Waals surface area (Å²) in [6.45, 7) is 8.00. The van der Waals surface area contributed by atoms with Gasteiger partial charge in [-0.15, -0.1) is 0 Å². The molecule has 0 aliphatic heterocycles. The molecule has 0 spiro atoms. The second-order valence-electron chi connectivity index (χ2n) is 4.16. The Morgan fingerprint density at radius 2 is 1.80 bits per heavy atom. The second-order valence-corrected chi connectivity index (χ2v) is 5.82. The van der Waals surface area contributed by atoms with Crippen LogP contribution in [0.4, 0.5) is 0 Å². The van der Waals surface area contributed by atoms with Crippen LogP contribution in [0, 0.1) is 5.92 Å². The summed E-state index contributed by atoms with van der Waals surface area (Å²) in [5, 5.41) is 19.8. The quantitative estimate of drug-likeness (QED) is 0.649. The molecule has 4 heteroatoms. The Morgan fingerprint density at radius 3 is 2.20 bits per heavy atom. The fraction of sp³-hybridized carbons (Fsp3) is 1.00. The standard InChI is InChI=1S/C8H17O2.C3H7O.Ti/c1-3-5-8(10)7(4-2)6-9;1-3(2)4;/h6-10H,3-5H2,1-2H3;3H,1-2H3;/q;-1;+1. The van der Waals surface area contributed by atoms with E-state index >= 15 is 0 Å². The molecule has 3 atom stereocenters. The molecule has 2 N–H and O–H groups in total. The van der Waals surface area contributed by atoms with E-state index in [0.717, 1.165) is 19.3 Å². The van der Waals surface area contributed by atoms with E-state index in [1.165, 1.54) is 0 Å². The number of hydrogen-bond acceptors (Lipinski definition) is 3. The molecule has 0 bridgehead atoms. The van der Waals surface area contributed by atoms with Crippen LogP contribution in [0.2, 0.25) is 0 Å². The van der Waals surface area contributed by atoms with Crippen molar-refractivity contribution < 1.29 is 33.1 Å². The van der Waals surface area contributed by atoms with E-state index in [4.69, 9.17) is 3.32 Å². The third kappa shape index (κ3) is 6.70. The number of aliphatic hydroxyl groups excluding tert-OH is 2. The van der Waals surface area contributed by atoms with Crippen LogP contribution in [0.1, 0.15) is 47.0 Å². The zero-order valence-corrected chi connectivity index (χ0v) is 11.8. The van der Waals surface area contributed by atoms with Gasteiger partial charge in [0.2, 0.25) is 0 Å². The van der Waals surface area contributed by atoms with Crippen LogP contribution in [-0.2, 0) is 22.9 Å². The van der Waals surface area contributed by atoms with Crippen molar-refractivity contribution in [3.63, 3.8) is 0 Å². The average molecular weight is 252 g/mol. The van der Waals surface area contributed by atoms with E-state index in [1.807, 2.05) is 27.7 Å². The van der Waals surface area contributed by atoms with Crippen molar-refractivity contribution in [2.24, 2.45) is 5.92 Å². The zero-order valence-electron chi connectivity index (χ0n) is 10.2. The first kappa shape index (κ1) is 15.6. The van der Waals surface area contributed by atoms with Crippen LogP contribution in [0.15, 0.2) is 0 Å². The number of aliphatic hydroxyl groups is 2. The van der Waals surface area contributed by atoms with Crippen LogP contribution in [0.25, 0.3) is 0 Å². The molecule has 3 nitrogen and oxygen atoms in total. The minimum atomic E-state index is -0.809. The van der Waals surface area contributed by atoms with E-state index in [-0.39, 0.29) is 18.1 Å². The summed E-state index contributed by atoms with van der Waals surface area (Å²) in [5.41, 5.74) is 0. The van der Waals surface area contributed by atoms with Crippen LogP contribution in [-0.4, -0.2) is 26.8 Å². The molecule has 90 valence electrons. The fourth-order valence-corrected chi connectivity index (χ4v) is 3.14. The Balaban J connectivity index is 4.02. The fourth-order valence-electron chi connectivity index (χ4n) is 1.51. The van der Waals surface area contributed by atoms with Crippen molar-refractivity contribution in [3.8, 4) is 0 Å². The Bertz CT molecular complexity index is 153. The predicted molar refractivity (Wildman–Crippen MR) is 56.9 cm³/mol. The van der Waals surface area contributed by atoms with Gasteiger partial charge in [0.05, 0.1) is 0 Å². The van der Waals surface area contributed by atoms with Gasteiger partial charge < -0.3 is 0 Å². The van der Waals surface area contributed by atoms with Crippen LogP contribution in [0.5, 0.6) is 0 Å². The monoisotopic (exact) mass is 252 g/mol. The van der Waals surface area contributed by atoms with E-state index in [1.54, 1.807) is 0 Å². The van der Waals surface area contributed by atoms with Crippen LogP contribution in [0.3, 0.4) is 0 Å². The summed E-state index contributed by atoms with van der Waals surface area (Å²) >= 11 is -0.809. The van der Waals surface area contributed by atoms with E-state index in [0.29, 0.717) is 0 Å². The zero-order chi connectivity index (χ0) is 11.8. The summed E-state index contributed by atoms with van der Waals surface area (Å²) < 4.78 is 5.05. The molecule has 3 unspecified atom stereocenters. The van der Waals surface area contributed by atoms with Crippen LogP contribution < -0.4 is 0 Å². The summed E-state index contributed by atoms with van der Waals surface area (Å²) in [7, 11) is 0. The Labute approximate surface area is 103 Å². The van der Waals surface area contributed by atoms with Crippen molar-refractivity contribution >= 4 is 0 Å². The van der Waals surface area contributed by atoms with E-state index < -0.39 is 24.0 Å². The number of rotatable bonds is 8. The van der Waals surface area contributed by atoms with Gasteiger partial charge in [0.1, 0.15) is 0 Å². The van der Waals surface area contributed by atoms with E-state index in [2.05, 4.69) is 0 Å². The minimum absolute atomic E-state index is 0.0105. The molecule has 0 saturated heterocycles. The maximum atomic E-state index is 9.93. The molecule has 0 fully saturated rings. The topological polar surface area (TPSA) is 49.7 Å². The number of hydrogen-bond donors (Lipinski definition) is 2. The third-order valence-electron chi connectivity index (χ3n) is 2.38.